The summed E-state index contributed by atoms with van der Waals surface area (Å²) in [6, 6.07) is 1.97. The molecule has 1 saturated carbocycles. The molecule has 0 unspecified atom stereocenters. The molecule has 1 fully saturated rings. The fourth-order valence-electron chi connectivity index (χ4n) is 4.26. The number of hydrogen-bond donors (Lipinski definition) is 3. The Morgan fingerprint density at radius 3 is 2.81 bits per heavy atom. The number of pyridine rings is 1. The van der Waals surface area contributed by atoms with E-state index in [1.54, 1.807) is 18.2 Å². The van der Waals surface area contributed by atoms with Crippen LogP contribution >= 0.6 is 0 Å². The molecule has 10 heteroatoms. The topological polar surface area (TPSA) is 111 Å². The summed E-state index contributed by atoms with van der Waals surface area (Å²) in [6.45, 7) is 0. The van der Waals surface area contributed by atoms with Crippen LogP contribution in [0.1, 0.15) is 31.2 Å². The lowest BCUT2D eigenvalue weighted by Crippen LogP contribution is -2.51. The number of nitrogens with one attached hydrogen (secondary N) is 2. The first-order chi connectivity index (χ1) is 12.9. The number of aromatic amines is 1. The van der Waals surface area contributed by atoms with Crippen molar-refractivity contribution in [3.63, 3.8) is 0 Å². The van der Waals surface area contributed by atoms with Gasteiger partial charge in [-0.2, -0.15) is 5.10 Å². The van der Waals surface area contributed by atoms with Gasteiger partial charge in [-0.25, -0.2) is 18.1 Å². The van der Waals surface area contributed by atoms with Gasteiger partial charge in [-0.3, -0.25) is 0 Å². The molecule has 8 nitrogen and oxygen atoms in total. The largest absolute Gasteiger partial charge is 0.468 e. The first kappa shape index (κ1) is 18.5. The molecule has 0 atom stereocenters. The van der Waals surface area contributed by atoms with Crippen LogP contribution < -0.4 is 10.2 Å². The fraction of sp³-hybridized carbons (Fsp3) is 0.529. The number of hydrogen-bond acceptors (Lipinski definition) is 6. The number of sulfonamides is 1. The quantitative estimate of drug-likeness (QED) is 0.650. The normalized spacial score (nSPS) is 23.4. The van der Waals surface area contributed by atoms with Gasteiger partial charge in [-0.1, -0.05) is 0 Å². The van der Waals surface area contributed by atoms with Gasteiger partial charge in [0.25, 0.3) is 0 Å². The van der Waals surface area contributed by atoms with Crippen molar-refractivity contribution in [1.29, 1.82) is 0 Å². The van der Waals surface area contributed by atoms with Gasteiger partial charge in [0.15, 0.2) is 0 Å². The molecule has 1 aliphatic heterocycles. The van der Waals surface area contributed by atoms with Gasteiger partial charge in [0, 0.05) is 41.8 Å². The third-order valence-corrected chi connectivity index (χ3v) is 7.30. The maximum atomic E-state index is 11.8. The third-order valence-electron chi connectivity index (χ3n) is 5.77. The fourth-order valence-corrected chi connectivity index (χ4v) is 5.38. The number of hydrazone groups is 1. The Hall–Kier alpha value is -1.91. The van der Waals surface area contributed by atoms with Crippen molar-refractivity contribution in [3.05, 3.63) is 24.0 Å². The molecule has 0 amide bonds. The van der Waals surface area contributed by atoms with Gasteiger partial charge in [-0.05, 0) is 44.7 Å². The van der Waals surface area contributed by atoms with Crippen LogP contribution in [0.2, 0.25) is 0 Å². The van der Waals surface area contributed by atoms with Crippen LogP contribution in [0.25, 0.3) is 11.0 Å². The summed E-state index contributed by atoms with van der Waals surface area (Å²) in [7, 11) is -0.766. The first-order valence-electron chi connectivity index (χ1n) is 9.26. The molecule has 0 spiro atoms. The highest BCUT2D eigenvalue weighted by molar-refractivity contribution is 7.89. The van der Waals surface area contributed by atoms with Crippen LogP contribution in [0.4, 0.5) is 0 Å². The van der Waals surface area contributed by atoms with E-state index in [0.717, 1.165) is 53.5 Å². The smallest absolute Gasteiger partial charge is 0.428 e. The van der Waals surface area contributed by atoms with Crippen LogP contribution in [-0.2, 0) is 10.0 Å². The molecule has 3 N–H and O–H groups in total. The number of fused-ring (bicyclic) bond motifs is 3. The minimum absolute atomic E-state index is 0.176. The van der Waals surface area contributed by atoms with Gasteiger partial charge in [0.2, 0.25) is 10.0 Å². The summed E-state index contributed by atoms with van der Waals surface area (Å²) in [5.41, 5.74) is 3.50. The van der Waals surface area contributed by atoms with Crippen molar-refractivity contribution >= 4 is 39.3 Å². The lowest BCUT2D eigenvalue weighted by molar-refractivity contribution is 0.339. The van der Waals surface area contributed by atoms with Crippen molar-refractivity contribution < 1.29 is 13.4 Å². The second-order valence-electron chi connectivity index (χ2n) is 7.46. The summed E-state index contributed by atoms with van der Waals surface area (Å²) in [5, 5.41) is 16.2. The Balaban J connectivity index is 1.62. The number of rotatable bonds is 4. The Kier molecular flexibility index (Phi) is 4.73. The number of aromatic nitrogens is 2. The van der Waals surface area contributed by atoms with Crippen LogP contribution in [0, 0.1) is 11.8 Å². The highest BCUT2D eigenvalue weighted by Gasteiger charge is 2.37. The van der Waals surface area contributed by atoms with Crippen LogP contribution in [-0.4, -0.2) is 60.9 Å². The Morgan fingerprint density at radius 1 is 1.37 bits per heavy atom. The Labute approximate surface area is 159 Å². The molecule has 2 aromatic rings. The van der Waals surface area contributed by atoms with E-state index in [1.807, 2.05) is 12.3 Å². The van der Waals surface area contributed by atoms with Gasteiger partial charge in [0.05, 0.1) is 11.5 Å². The van der Waals surface area contributed by atoms with Crippen LogP contribution in [0.3, 0.4) is 0 Å². The Morgan fingerprint density at radius 2 is 2.11 bits per heavy atom. The molecule has 2 aromatic heterocycles. The standard InChI is InChI=1S/C17H24BN5O3S/c1-19-27(25,26)10-11-3-5-12(6-4-11)16-15-13-7-8-20-17(13)21-9-14(15)18(24)23(2)22-16/h7-9,11-12,19,24H,3-6,10H2,1-2H3,(H,20,21)/t11-,12-. The first-order valence-corrected chi connectivity index (χ1v) is 10.9. The van der Waals surface area contributed by atoms with Gasteiger partial charge >= 0.3 is 7.05 Å². The van der Waals surface area contributed by atoms with Crippen molar-refractivity contribution in [1.82, 2.24) is 19.6 Å². The molecule has 3 heterocycles. The minimum Gasteiger partial charge on any atom is -0.428 e. The minimum atomic E-state index is -3.18. The van der Waals surface area contributed by atoms with E-state index < -0.39 is 17.1 Å². The lowest BCUT2D eigenvalue weighted by atomic mass is 9.67. The van der Waals surface area contributed by atoms with Crippen molar-refractivity contribution in [2.45, 2.75) is 25.7 Å². The van der Waals surface area contributed by atoms with E-state index in [2.05, 4.69) is 14.7 Å². The second kappa shape index (κ2) is 6.92. The highest BCUT2D eigenvalue weighted by atomic mass is 32.2. The zero-order valence-electron chi connectivity index (χ0n) is 15.5. The summed E-state index contributed by atoms with van der Waals surface area (Å²) < 4.78 is 26.1. The predicted octanol–water partition coefficient (Wildman–Crippen LogP) is 0.256. The zero-order chi connectivity index (χ0) is 19.2. The van der Waals surface area contributed by atoms with Gasteiger partial charge < -0.3 is 14.9 Å². The van der Waals surface area contributed by atoms with Crippen molar-refractivity contribution in [3.8, 4) is 0 Å². The maximum Gasteiger partial charge on any atom is 0.468 e. The highest BCUT2D eigenvalue weighted by Crippen LogP contribution is 2.34. The molecule has 0 saturated heterocycles. The molecule has 2 aliphatic rings. The van der Waals surface area contributed by atoms with E-state index in [0.29, 0.717) is 0 Å². The van der Waals surface area contributed by atoms with Gasteiger partial charge in [-0.15, -0.1) is 0 Å². The molecule has 144 valence electrons. The molecule has 27 heavy (non-hydrogen) atoms. The number of nitrogens with zero attached hydrogens (tertiary/aromatic N) is 3. The average Bonchev–Trinajstić information content (AvgIpc) is 3.13. The SMILES string of the molecule is CNS(=O)(=O)C[C@H]1CC[C@H](C2=NN(C)B(O)c3cnc4[nH]ccc4c32)CC1. The summed E-state index contributed by atoms with van der Waals surface area (Å²) in [4.78, 5) is 9.11. The third kappa shape index (κ3) is 3.37. The Bertz CT molecular complexity index is 982. The molecule has 4 rings (SSSR count). The molecule has 0 radical (unpaired) electrons. The van der Waals surface area contributed by atoms with Crippen LogP contribution in [0.15, 0.2) is 23.6 Å². The zero-order valence-corrected chi connectivity index (χ0v) is 16.3. The molecular formula is C17H24BN5O3S. The maximum absolute atomic E-state index is 11.8. The summed E-state index contributed by atoms with van der Waals surface area (Å²) in [5.74, 6) is 0.604. The predicted molar refractivity (Wildman–Crippen MR) is 106 cm³/mol. The van der Waals surface area contributed by atoms with E-state index in [4.69, 9.17) is 5.10 Å². The molecule has 0 bridgehead atoms. The molecular weight excluding hydrogens is 365 g/mol. The van der Waals surface area contributed by atoms with Crippen molar-refractivity contribution in [2.75, 3.05) is 19.8 Å². The summed E-state index contributed by atoms with van der Waals surface area (Å²) >= 11 is 0. The summed E-state index contributed by atoms with van der Waals surface area (Å²) in [6.07, 6.45) is 7.05. The van der Waals surface area contributed by atoms with E-state index in [-0.39, 0.29) is 17.6 Å². The molecule has 0 aromatic carbocycles. The monoisotopic (exact) mass is 389 g/mol. The van der Waals surface area contributed by atoms with Gasteiger partial charge in [0.1, 0.15) is 5.65 Å². The van der Waals surface area contributed by atoms with Crippen LogP contribution in [0.5, 0.6) is 0 Å². The van der Waals surface area contributed by atoms with E-state index in [9.17, 15) is 13.4 Å². The van der Waals surface area contributed by atoms with E-state index in [1.165, 1.54) is 7.05 Å². The van der Waals surface area contributed by atoms with E-state index >= 15 is 0 Å². The number of H-pyrrole nitrogens is 1. The second-order valence-corrected chi connectivity index (χ2v) is 9.44. The lowest BCUT2D eigenvalue weighted by Gasteiger charge is -2.34. The van der Waals surface area contributed by atoms with Crippen molar-refractivity contribution in [2.24, 2.45) is 16.9 Å². The average molecular weight is 389 g/mol. The molecule has 1 aliphatic carbocycles.